The van der Waals surface area contributed by atoms with Gasteiger partial charge in [-0.1, -0.05) is 11.6 Å². The zero-order valence-corrected chi connectivity index (χ0v) is 23.0. The molecule has 1 fully saturated rings. The zero-order valence-electron chi connectivity index (χ0n) is 21.4. The third-order valence-electron chi connectivity index (χ3n) is 6.35. The third-order valence-corrected chi connectivity index (χ3v) is 7.68. The second kappa shape index (κ2) is 12.2. The first-order valence-corrected chi connectivity index (χ1v) is 13.5. The van der Waals surface area contributed by atoms with E-state index in [1.807, 2.05) is 12.1 Å². The Bertz CT molecular complexity index is 1540. The zero-order chi connectivity index (χ0) is 27.4. The minimum atomic E-state index is -0.410. The van der Waals surface area contributed by atoms with Gasteiger partial charge in [-0.3, -0.25) is 14.1 Å². The normalized spacial score (nSPS) is 15.8. The van der Waals surface area contributed by atoms with E-state index in [-0.39, 0.29) is 16.3 Å². The van der Waals surface area contributed by atoms with E-state index in [1.165, 1.54) is 41.8 Å². The lowest BCUT2D eigenvalue weighted by Crippen LogP contribution is -2.45. The molecule has 0 amide bonds. The van der Waals surface area contributed by atoms with Crippen LogP contribution in [-0.4, -0.2) is 65.3 Å². The van der Waals surface area contributed by atoms with E-state index in [0.29, 0.717) is 54.5 Å². The molecule has 3 aromatic heterocycles. The van der Waals surface area contributed by atoms with Crippen molar-refractivity contribution >= 4 is 34.9 Å². The van der Waals surface area contributed by atoms with E-state index in [4.69, 9.17) is 25.8 Å². The Kier molecular flexibility index (Phi) is 8.51. The minimum Gasteiger partial charge on any atom is -0.485 e. The summed E-state index contributed by atoms with van der Waals surface area (Å²) in [5, 5.41) is 0.287. The predicted octanol–water partition coefficient (Wildman–Crippen LogP) is 4.78. The first-order chi connectivity index (χ1) is 18.9. The van der Waals surface area contributed by atoms with Crippen molar-refractivity contribution in [2.24, 2.45) is 0 Å². The monoisotopic (exact) mass is 571 g/mol. The van der Waals surface area contributed by atoms with Gasteiger partial charge in [-0.2, -0.15) is 0 Å². The largest absolute Gasteiger partial charge is 0.485 e. The fourth-order valence-corrected chi connectivity index (χ4v) is 5.15. The van der Waals surface area contributed by atoms with Crippen molar-refractivity contribution in [1.29, 1.82) is 0 Å². The number of halogens is 2. The molecule has 0 spiro atoms. The second-order valence-corrected chi connectivity index (χ2v) is 10.2. The number of methoxy groups -OCH3 is 1. The molecule has 0 bridgehead atoms. The fraction of sp³-hybridized carbons (Fsp3) is 0.296. The molecule has 4 aromatic rings. The van der Waals surface area contributed by atoms with Crippen LogP contribution in [0.5, 0.6) is 11.6 Å². The molecular weight excluding hydrogens is 545 g/mol. The highest BCUT2D eigenvalue weighted by atomic mass is 35.5. The van der Waals surface area contributed by atoms with Crippen LogP contribution >= 0.6 is 23.5 Å². The van der Waals surface area contributed by atoms with Crippen molar-refractivity contribution < 1.29 is 18.6 Å². The summed E-state index contributed by atoms with van der Waals surface area (Å²) in [5.41, 5.74) is 2.28. The predicted molar refractivity (Wildman–Crippen MR) is 149 cm³/mol. The van der Waals surface area contributed by atoms with E-state index in [9.17, 15) is 9.18 Å². The molecule has 1 aromatic carbocycles. The highest BCUT2D eigenvalue weighted by Crippen LogP contribution is 2.34. The number of rotatable bonds is 9. The maximum Gasteiger partial charge on any atom is 0.300 e. The van der Waals surface area contributed by atoms with Gasteiger partial charge in [-0.05, 0) is 55.3 Å². The Balaban J connectivity index is 1.36. The number of hydrogen-bond donors (Lipinski definition) is 1. The average molecular weight is 572 g/mol. The van der Waals surface area contributed by atoms with E-state index in [2.05, 4.69) is 26.5 Å². The molecule has 4 heterocycles. The van der Waals surface area contributed by atoms with Crippen LogP contribution in [0.15, 0.2) is 64.7 Å². The molecule has 1 aliphatic heterocycles. The lowest BCUT2D eigenvalue weighted by atomic mass is 10.1. The first-order valence-electron chi connectivity index (χ1n) is 12.3. The number of ether oxygens (including phenoxy) is 3. The molecule has 1 unspecified atom stereocenters. The van der Waals surface area contributed by atoms with Crippen molar-refractivity contribution in [1.82, 2.24) is 19.3 Å². The molecule has 1 aliphatic rings. The van der Waals surface area contributed by atoms with Crippen LogP contribution in [0, 0.1) is 5.82 Å². The summed E-state index contributed by atoms with van der Waals surface area (Å²) in [6.45, 7) is 5.41. The van der Waals surface area contributed by atoms with Crippen molar-refractivity contribution in [2.45, 2.75) is 17.9 Å². The minimum absolute atomic E-state index is 0.188. The van der Waals surface area contributed by atoms with Gasteiger partial charge in [-0.15, -0.1) is 0 Å². The maximum atomic E-state index is 13.4. The van der Waals surface area contributed by atoms with Crippen LogP contribution in [0.3, 0.4) is 0 Å². The van der Waals surface area contributed by atoms with E-state index < -0.39 is 5.82 Å². The Morgan fingerprint density at radius 3 is 2.87 bits per heavy atom. The molecule has 204 valence electrons. The van der Waals surface area contributed by atoms with Gasteiger partial charge >= 0.3 is 0 Å². The molecule has 9 nitrogen and oxygen atoms in total. The lowest BCUT2D eigenvalue weighted by molar-refractivity contribution is -0.00523. The standard InChI is InChI=1S/C27H27ClFN5O4S/c1-17-16-37-9-7-33(17)8-10-38-23-14-30-25-6-3-18(15-34(25)27(23)35)19-11-22(26(36-2)31-13-19)32-39-24-5-4-20(29)12-21(24)28/h3-6,11-15,17,32H,7-10,16H2,1-2H3. The van der Waals surface area contributed by atoms with Crippen LogP contribution < -0.4 is 19.8 Å². The highest BCUT2D eigenvalue weighted by molar-refractivity contribution is 8.00. The average Bonchev–Trinajstić information content (AvgIpc) is 2.94. The van der Waals surface area contributed by atoms with Crippen molar-refractivity contribution in [3.05, 3.63) is 76.2 Å². The van der Waals surface area contributed by atoms with Crippen LogP contribution in [0.2, 0.25) is 5.02 Å². The van der Waals surface area contributed by atoms with Gasteiger partial charge < -0.3 is 18.9 Å². The SMILES string of the molecule is COc1ncc(-c2ccc3ncc(OCCN4CCOCC4C)c(=O)n3c2)cc1NSc1ccc(F)cc1Cl. The smallest absolute Gasteiger partial charge is 0.300 e. The van der Waals surface area contributed by atoms with Gasteiger partial charge in [-0.25, -0.2) is 14.4 Å². The van der Waals surface area contributed by atoms with Gasteiger partial charge in [0, 0.05) is 47.5 Å². The maximum absolute atomic E-state index is 13.4. The number of pyridine rings is 2. The summed E-state index contributed by atoms with van der Waals surface area (Å²) in [6, 6.07) is 9.95. The Hall–Kier alpha value is -3.38. The summed E-state index contributed by atoms with van der Waals surface area (Å²) in [5.74, 6) is 0.148. The Labute approximate surface area is 234 Å². The molecule has 1 atom stereocenters. The molecule has 1 saturated heterocycles. The van der Waals surface area contributed by atoms with Crippen molar-refractivity contribution in [2.75, 3.05) is 44.7 Å². The number of morpholine rings is 1. The molecular formula is C27H27ClFN5O4S. The van der Waals surface area contributed by atoms with Crippen molar-refractivity contribution in [3.8, 4) is 22.8 Å². The van der Waals surface area contributed by atoms with Crippen LogP contribution in [0.1, 0.15) is 6.92 Å². The van der Waals surface area contributed by atoms with E-state index >= 15 is 0 Å². The number of benzene rings is 1. The Morgan fingerprint density at radius 1 is 1.21 bits per heavy atom. The van der Waals surface area contributed by atoms with E-state index in [0.717, 1.165) is 17.7 Å². The highest BCUT2D eigenvalue weighted by Gasteiger charge is 2.19. The summed E-state index contributed by atoms with van der Waals surface area (Å²) < 4.78 is 34.7. The lowest BCUT2D eigenvalue weighted by Gasteiger charge is -2.32. The number of anilines is 1. The van der Waals surface area contributed by atoms with Crippen molar-refractivity contribution in [3.63, 3.8) is 0 Å². The summed E-state index contributed by atoms with van der Waals surface area (Å²) >= 11 is 7.36. The molecule has 1 N–H and O–H groups in total. The number of nitrogens with one attached hydrogen (secondary N) is 1. The number of aromatic nitrogens is 3. The van der Waals surface area contributed by atoms with Gasteiger partial charge in [0.05, 0.1) is 31.5 Å². The molecule has 0 aliphatic carbocycles. The van der Waals surface area contributed by atoms with Gasteiger partial charge in [0.1, 0.15) is 23.8 Å². The summed E-state index contributed by atoms with van der Waals surface area (Å²) in [4.78, 5) is 24.9. The summed E-state index contributed by atoms with van der Waals surface area (Å²) in [7, 11) is 1.52. The molecule has 5 rings (SSSR count). The van der Waals surface area contributed by atoms with Crippen LogP contribution in [-0.2, 0) is 4.74 Å². The summed E-state index contributed by atoms with van der Waals surface area (Å²) in [6.07, 6.45) is 4.83. The molecule has 39 heavy (non-hydrogen) atoms. The number of hydrogen-bond acceptors (Lipinski definition) is 9. The molecule has 0 radical (unpaired) electrons. The number of nitrogens with zero attached hydrogens (tertiary/aromatic N) is 4. The second-order valence-electron chi connectivity index (χ2n) is 8.94. The van der Waals surface area contributed by atoms with Gasteiger partial charge in [0.2, 0.25) is 11.6 Å². The van der Waals surface area contributed by atoms with Crippen LogP contribution in [0.25, 0.3) is 16.8 Å². The van der Waals surface area contributed by atoms with E-state index in [1.54, 1.807) is 24.5 Å². The quantitative estimate of drug-likeness (QED) is 0.285. The molecule has 0 saturated carbocycles. The third kappa shape index (κ3) is 6.27. The topological polar surface area (TPSA) is 90.2 Å². The Morgan fingerprint density at radius 2 is 2.08 bits per heavy atom. The van der Waals surface area contributed by atoms with Gasteiger partial charge in [0.15, 0.2) is 0 Å². The fourth-order valence-electron chi connectivity index (χ4n) is 4.21. The number of fused-ring (bicyclic) bond motifs is 1. The first kappa shape index (κ1) is 27.2. The van der Waals surface area contributed by atoms with Crippen LogP contribution in [0.4, 0.5) is 10.1 Å². The van der Waals surface area contributed by atoms with Gasteiger partial charge in [0.25, 0.3) is 5.56 Å². The molecule has 12 heteroatoms.